The first-order valence-electron chi connectivity index (χ1n) is 15.0. The number of hydrogen-bond donors (Lipinski definition) is 3. The van der Waals surface area contributed by atoms with E-state index in [2.05, 4.69) is 36.3 Å². The molecule has 12 nitrogen and oxygen atoms in total. The topological polar surface area (TPSA) is 151 Å². The Kier molecular flexibility index (Phi) is 9.92. The molecule has 1 aromatic heterocycles. The number of aromatic nitrogens is 3. The van der Waals surface area contributed by atoms with Gasteiger partial charge < -0.3 is 15.2 Å². The van der Waals surface area contributed by atoms with E-state index < -0.39 is 65.9 Å². The second kappa shape index (κ2) is 13.4. The minimum absolute atomic E-state index is 0.0489. The molecule has 3 amide bonds. The molecule has 19 heteroatoms. The summed E-state index contributed by atoms with van der Waals surface area (Å²) in [5.74, 6) is -1.62. The molecule has 268 valence electrons. The Morgan fingerprint density at radius 3 is 2.34 bits per heavy atom. The summed E-state index contributed by atoms with van der Waals surface area (Å²) < 4.78 is 74.7. The van der Waals surface area contributed by atoms with Gasteiger partial charge >= 0.3 is 24.9 Å². The summed E-state index contributed by atoms with van der Waals surface area (Å²) in [5.41, 5.74) is -4.46. The van der Waals surface area contributed by atoms with E-state index in [1.807, 2.05) is 26.1 Å². The van der Waals surface area contributed by atoms with E-state index in [0.29, 0.717) is 10.0 Å². The standard InChI is InChI=1S/C31H30BrClF5N7O5/c1-28(2,3)14-30(17-5-7-18(32)8-6-17)23(46)44(25(42-30)41-26(47)48)21(13-50-27(49)43-29(10-11-29)31(36,37)38)16-4-9-20(33)19(12-16)22-39-15-40-45(22)24(34)35/h4-9,12,15,21,24H,10-11,13-14H2,1-3H3,(H,41,42)(H,43,49)(H,47,48)/t21-,30?/m1/s1. The third-order valence-corrected chi connectivity index (χ3v) is 8.97. The molecular formula is C31H30BrClF5N7O5. The zero-order chi connectivity index (χ0) is 36.8. The predicted molar refractivity (Wildman–Crippen MR) is 172 cm³/mol. The molecular weight excluding hydrogens is 761 g/mol. The monoisotopic (exact) mass is 789 g/mol. The van der Waals surface area contributed by atoms with E-state index in [1.165, 1.54) is 18.2 Å². The van der Waals surface area contributed by atoms with Crippen LogP contribution in [-0.4, -0.2) is 67.1 Å². The van der Waals surface area contributed by atoms with E-state index in [9.17, 15) is 41.4 Å². The molecule has 1 saturated carbocycles. The number of hydrogen-bond acceptors (Lipinski definition) is 7. The van der Waals surface area contributed by atoms with Crippen molar-refractivity contribution in [2.45, 2.75) is 69.9 Å². The van der Waals surface area contributed by atoms with Crippen LogP contribution >= 0.6 is 27.5 Å². The van der Waals surface area contributed by atoms with Crippen LogP contribution in [0.25, 0.3) is 11.4 Å². The number of ether oxygens (including phenoxy) is 1. The first kappa shape index (κ1) is 36.9. The number of benzene rings is 2. The zero-order valence-corrected chi connectivity index (χ0v) is 28.9. The van der Waals surface area contributed by atoms with Gasteiger partial charge in [0.25, 0.3) is 5.91 Å². The number of carboxylic acid groups (broad SMARTS) is 1. The highest BCUT2D eigenvalue weighted by atomic mass is 79.9. The number of carbonyl (C=O) groups is 3. The van der Waals surface area contributed by atoms with Gasteiger partial charge in [0, 0.05) is 10.0 Å². The summed E-state index contributed by atoms with van der Waals surface area (Å²) in [4.78, 5) is 49.2. The molecule has 2 atom stereocenters. The van der Waals surface area contributed by atoms with Crippen LogP contribution in [0.5, 0.6) is 0 Å². The van der Waals surface area contributed by atoms with E-state index in [4.69, 9.17) is 16.3 Å². The van der Waals surface area contributed by atoms with E-state index in [0.717, 1.165) is 11.2 Å². The van der Waals surface area contributed by atoms with Crippen molar-refractivity contribution in [1.82, 2.24) is 30.3 Å². The molecule has 1 aliphatic carbocycles. The van der Waals surface area contributed by atoms with E-state index in [-0.39, 0.29) is 45.9 Å². The number of nitrogens with one attached hydrogen (secondary N) is 2. The van der Waals surface area contributed by atoms with Crippen molar-refractivity contribution < 1.29 is 46.2 Å². The Labute approximate surface area is 295 Å². The lowest BCUT2D eigenvalue weighted by Crippen LogP contribution is -2.51. The molecule has 5 rings (SSSR count). The fourth-order valence-corrected chi connectivity index (χ4v) is 6.23. The SMILES string of the molecule is CC(C)(C)CC1(c2ccc(Br)cc2)N=C(NC(=O)O)N([C@H](COC(=O)NC2(C(F)(F)F)CC2)c2ccc(Cl)c(-c3ncnn3C(F)F)c2)C1=O. The summed E-state index contributed by atoms with van der Waals surface area (Å²) in [6.07, 6.45) is -7.64. The maximum Gasteiger partial charge on any atom is 0.411 e. The molecule has 1 fully saturated rings. The molecule has 50 heavy (non-hydrogen) atoms. The van der Waals surface area contributed by atoms with Crippen molar-refractivity contribution in [2.24, 2.45) is 10.4 Å². The van der Waals surface area contributed by atoms with Crippen LogP contribution in [0.4, 0.5) is 31.5 Å². The summed E-state index contributed by atoms with van der Waals surface area (Å²) in [5, 5.41) is 17.2. The Bertz CT molecular complexity index is 1830. The Morgan fingerprint density at radius 2 is 1.78 bits per heavy atom. The van der Waals surface area contributed by atoms with Gasteiger partial charge in [0.2, 0.25) is 5.96 Å². The number of alkyl carbamates (subject to hydrolysis) is 1. The number of rotatable bonds is 9. The van der Waals surface area contributed by atoms with Crippen molar-refractivity contribution in [3.63, 3.8) is 0 Å². The van der Waals surface area contributed by atoms with E-state index in [1.54, 1.807) is 24.3 Å². The van der Waals surface area contributed by atoms with Gasteiger partial charge in [-0.2, -0.15) is 31.7 Å². The predicted octanol–water partition coefficient (Wildman–Crippen LogP) is 7.42. The van der Waals surface area contributed by atoms with Gasteiger partial charge in [0.1, 0.15) is 18.5 Å². The van der Waals surface area contributed by atoms with Crippen LogP contribution in [0.15, 0.2) is 58.3 Å². The summed E-state index contributed by atoms with van der Waals surface area (Å²) in [7, 11) is 0. The summed E-state index contributed by atoms with van der Waals surface area (Å²) in [6, 6.07) is 8.99. The van der Waals surface area contributed by atoms with Crippen molar-refractivity contribution in [1.29, 1.82) is 0 Å². The Morgan fingerprint density at radius 1 is 1.12 bits per heavy atom. The fraction of sp³-hybridized carbons (Fsp3) is 0.419. The first-order chi connectivity index (χ1) is 23.3. The Balaban J connectivity index is 1.64. The number of halogens is 7. The maximum atomic E-state index is 14.8. The van der Waals surface area contributed by atoms with Gasteiger partial charge in [-0.15, -0.1) is 0 Å². The summed E-state index contributed by atoms with van der Waals surface area (Å²) >= 11 is 9.75. The molecule has 1 aliphatic heterocycles. The van der Waals surface area contributed by atoms with Gasteiger partial charge in [-0.05, 0) is 60.1 Å². The lowest BCUT2D eigenvalue weighted by molar-refractivity contribution is -0.164. The molecule has 0 spiro atoms. The van der Waals surface area contributed by atoms with Gasteiger partial charge in [0.05, 0.1) is 11.1 Å². The highest BCUT2D eigenvalue weighted by molar-refractivity contribution is 9.10. The zero-order valence-electron chi connectivity index (χ0n) is 26.6. The molecule has 2 aromatic carbocycles. The fourth-order valence-electron chi connectivity index (χ4n) is 5.77. The molecule has 0 saturated heterocycles. The van der Waals surface area contributed by atoms with Crippen molar-refractivity contribution in [3.8, 4) is 11.4 Å². The average molecular weight is 791 g/mol. The molecule has 2 heterocycles. The highest BCUT2D eigenvalue weighted by Crippen LogP contribution is 2.49. The number of nitrogens with zero attached hydrogens (tertiary/aromatic N) is 5. The minimum Gasteiger partial charge on any atom is -0.465 e. The number of guanidine groups is 1. The second-order valence-electron chi connectivity index (χ2n) is 13.0. The van der Waals surface area contributed by atoms with Crippen LogP contribution < -0.4 is 10.6 Å². The van der Waals surface area contributed by atoms with Crippen LogP contribution in [0, 0.1) is 5.41 Å². The number of carbonyl (C=O) groups excluding carboxylic acids is 2. The maximum absolute atomic E-state index is 14.8. The molecule has 3 aromatic rings. The van der Waals surface area contributed by atoms with Crippen molar-refractivity contribution in [2.75, 3.05) is 6.61 Å². The third-order valence-electron chi connectivity index (χ3n) is 8.12. The van der Waals surface area contributed by atoms with Gasteiger partial charge in [-0.3, -0.25) is 15.0 Å². The lowest BCUT2D eigenvalue weighted by atomic mass is 9.75. The normalized spacial score (nSPS) is 19.3. The third kappa shape index (κ3) is 7.40. The molecule has 2 aliphatic rings. The molecule has 1 unspecified atom stereocenters. The smallest absolute Gasteiger partial charge is 0.411 e. The van der Waals surface area contributed by atoms with Crippen molar-refractivity contribution in [3.05, 3.63) is 69.4 Å². The summed E-state index contributed by atoms with van der Waals surface area (Å²) in [6.45, 7) is 1.56. The molecule has 0 bridgehead atoms. The highest BCUT2D eigenvalue weighted by Gasteiger charge is 2.64. The number of aliphatic imine (C=N–C) groups is 1. The quantitative estimate of drug-likeness (QED) is 0.191. The van der Waals surface area contributed by atoms with Crippen LogP contribution in [0.1, 0.15) is 63.8 Å². The first-order valence-corrected chi connectivity index (χ1v) is 16.1. The Hall–Kier alpha value is -4.32. The average Bonchev–Trinajstić information content (AvgIpc) is 3.54. The lowest BCUT2D eigenvalue weighted by Gasteiger charge is -2.35. The van der Waals surface area contributed by atoms with E-state index >= 15 is 0 Å². The van der Waals surface area contributed by atoms with Gasteiger partial charge in [-0.1, -0.05) is 66.5 Å². The van der Waals surface area contributed by atoms with Crippen molar-refractivity contribution >= 4 is 51.6 Å². The number of amides is 3. The van der Waals surface area contributed by atoms with Crippen LogP contribution in [-0.2, 0) is 15.1 Å². The van der Waals surface area contributed by atoms with Gasteiger partial charge in [-0.25, -0.2) is 19.6 Å². The second-order valence-corrected chi connectivity index (χ2v) is 14.3. The minimum atomic E-state index is -4.76. The van der Waals surface area contributed by atoms with Crippen LogP contribution in [0.2, 0.25) is 5.02 Å². The van der Waals surface area contributed by atoms with Gasteiger partial charge in [0.15, 0.2) is 11.4 Å². The number of alkyl halides is 5. The molecule has 3 N–H and O–H groups in total. The largest absolute Gasteiger partial charge is 0.465 e. The molecule has 0 radical (unpaired) electrons. The van der Waals surface area contributed by atoms with Crippen LogP contribution in [0.3, 0.4) is 0 Å².